The van der Waals surface area contributed by atoms with Gasteiger partial charge in [0, 0.05) is 19.3 Å². The number of para-hydroxylation sites is 1. The van der Waals surface area contributed by atoms with Gasteiger partial charge in [-0.1, -0.05) is 57.0 Å². The van der Waals surface area contributed by atoms with Crippen LogP contribution in [0.2, 0.25) is 0 Å². The van der Waals surface area contributed by atoms with Gasteiger partial charge in [-0.25, -0.2) is 11.3 Å². The molecule has 0 unspecified atom stereocenters. The van der Waals surface area contributed by atoms with Crippen LogP contribution in [-0.2, 0) is 19.8 Å². The van der Waals surface area contributed by atoms with E-state index in [9.17, 15) is 19.2 Å². The van der Waals surface area contributed by atoms with E-state index in [1.54, 1.807) is 17.9 Å². The van der Waals surface area contributed by atoms with E-state index in [0.717, 1.165) is 31.2 Å². The Morgan fingerprint density at radius 3 is 2.59 bits per heavy atom. The van der Waals surface area contributed by atoms with Crippen LogP contribution in [0.1, 0.15) is 87.8 Å². The maximum Gasteiger partial charge on any atom is 0.302 e. The maximum atomic E-state index is 14.4. The predicted molar refractivity (Wildman–Crippen MR) is 161 cm³/mol. The number of fused-ring (bicyclic) bond motifs is 2. The topological polar surface area (TPSA) is 134 Å². The van der Waals surface area contributed by atoms with Gasteiger partial charge in [0.25, 0.3) is 11.8 Å². The molecule has 0 radical (unpaired) electrons. The molecule has 3 heterocycles. The fraction of sp³-hybridized carbons (Fsp3) is 0.594. The van der Waals surface area contributed by atoms with Gasteiger partial charge in [-0.3, -0.25) is 28.9 Å². The molecular formula is C32H40N8O4. The lowest BCUT2D eigenvalue weighted by Gasteiger charge is -2.36. The number of benzene rings is 1. The van der Waals surface area contributed by atoms with Crippen molar-refractivity contribution in [3.05, 3.63) is 53.1 Å². The maximum absolute atomic E-state index is 14.4. The Bertz CT molecular complexity index is 1530. The minimum Gasteiger partial charge on any atom is -0.339 e. The van der Waals surface area contributed by atoms with Crippen molar-refractivity contribution in [1.29, 1.82) is 0 Å². The molecular weight excluding hydrogens is 560 g/mol. The van der Waals surface area contributed by atoms with Crippen molar-refractivity contribution in [1.82, 2.24) is 30.1 Å². The molecule has 44 heavy (non-hydrogen) atoms. The number of hydrogen-bond acceptors (Lipinski definition) is 6. The van der Waals surface area contributed by atoms with Gasteiger partial charge in [0.05, 0.1) is 18.7 Å². The zero-order valence-electron chi connectivity index (χ0n) is 25.7. The zero-order chi connectivity index (χ0) is 31.4. The van der Waals surface area contributed by atoms with E-state index in [4.69, 9.17) is 6.57 Å². The van der Waals surface area contributed by atoms with Crippen LogP contribution in [0.5, 0.6) is 0 Å². The molecule has 12 heteroatoms. The third-order valence-electron chi connectivity index (χ3n) is 9.33. The van der Waals surface area contributed by atoms with Crippen molar-refractivity contribution in [3.8, 4) is 0 Å². The number of likely N-dealkylation sites (N-methyl/N-ethyl adjacent to an activating group) is 1. The van der Waals surface area contributed by atoms with E-state index in [-0.39, 0.29) is 47.8 Å². The molecule has 2 aliphatic heterocycles. The average molecular weight is 601 g/mol. The molecule has 3 fully saturated rings. The largest absolute Gasteiger partial charge is 0.339 e. The van der Waals surface area contributed by atoms with Crippen molar-refractivity contribution in [2.24, 2.45) is 11.3 Å². The van der Waals surface area contributed by atoms with Crippen LogP contribution in [0.3, 0.4) is 0 Å². The number of nitrogens with one attached hydrogen (secondary N) is 2. The van der Waals surface area contributed by atoms with Gasteiger partial charge >= 0.3 is 6.17 Å². The third-order valence-corrected chi connectivity index (χ3v) is 9.33. The summed E-state index contributed by atoms with van der Waals surface area (Å²) in [6, 6.07) is 5.94. The molecule has 1 aromatic heterocycles. The number of carbonyl (C=O) groups excluding carboxylic acids is 4. The Morgan fingerprint density at radius 2 is 1.93 bits per heavy atom. The SMILES string of the molecule is [C-]#[N+][C@@H]1C[C@@]2(CN1C(=O)[C@H](CC(C)(C)C)N(C)C(=O)[C@H](CC1CC1)NC(=O)c1cn(C3CC3)nn1)C(=O)Nc1ccccc12. The summed E-state index contributed by atoms with van der Waals surface area (Å²) in [4.78, 5) is 61.8. The third kappa shape index (κ3) is 5.67. The van der Waals surface area contributed by atoms with Gasteiger partial charge in [-0.05, 0) is 48.6 Å². The van der Waals surface area contributed by atoms with Crippen molar-refractivity contribution < 1.29 is 19.2 Å². The van der Waals surface area contributed by atoms with Crippen LogP contribution in [0.25, 0.3) is 4.85 Å². The highest BCUT2D eigenvalue weighted by Gasteiger charge is 2.59. The van der Waals surface area contributed by atoms with Crippen molar-refractivity contribution >= 4 is 29.3 Å². The molecule has 232 valence electrons. The molecule has 0 bridgehead atoms. The predicted octanol–water partition coefficient (Wildman–Crippen LogP) is 3.14. The van der Waals surface area contributed by atoms with Crippen molar-refractivity contribution in [2.75, 3.05) is 18.9 Å². The van der Waals surface area contributed by atoms with Crippen molar-refractivity contribution in [3.63, 3.8) is 0 Å². The lowest BCUT2D eigenvalue weighted by atomic mass is 9.80. The normalized spacial score (nSPS) is 23.9. The highest BCUT2D eigenvalue weighted by atomic mass is 16.2. The van der Waals surface area contributed by atoms with Crippen LogP contribution in [0, 0.1) is 17.9 Å². The van der Waals surface area contributed by atoms with E-state index in [1.807, 2.05) is 45.0 Å². The van der Waals surface area contributed by atoms with E-state index in [1.165, 1.54) is 9.80 Å². The summed E-state index contributed by atoms with van der Waals surface area (Å²) >= 11 is 0. The van der Waals surface area contributed by atoms with Gasteiger partial charge in [0.2, 0.25) is 11.8 Å². The first-order chi connectivity index (χ1) is 20.9. The standard InChI is InChI=1S/C32H40N8O4/c1-31(2,3)15-25(29(43)39-18-32(16-26(39)33-4)21-8-6-7-9-22(21)35-30(32)44)38(5)28(42)23(14-19-10-11-19)34-27(41)24-17-40(37-36-24)20-12-13-20/h6-9,17,19-20,23,25-26H,10-16,18H2,1-3,5H3,(H,34,41)(H,35,44)/t23-,25-,26-,32-/m0/s1. The fourth-order valence-electron chi connectivity index (χ4n) is 6.56. The second-order valence-electron chi connectivity index (χ2n) is 14.1. The Hall–Kier alpha value is -4.27. The lowest BCUT2D eigenvalue weighted by Crippen LogP contribution is -2.56. The fourth-order valence-corrected chi connectivity index (χ4v) is 6.56. The van der Waals surface area contributed by atoms with Gasteiger partial charge in [-0.15, -0.1) is 5.10 Å². The van der Waals surface area contributed by atoms with Crippen LogP contribution >= 0.6 is 0 Å². The highest BCUT2D eigenvalue weighted by Crippen LogP contribution is 2.47. The summed E-state index contributed by atoms with van der Waals surface area (Å²) in [5.41, 5.74) is 0.291. The van der Waals surface area contributed by atoms with E-state index >= 15 is 0 Å². The van der Waals surface area contributed by atoms with E-state index in [0.29, 0.717) is 24.4 Å². The number of aromatic nitrogens is 3. The average Bonchev–Trinajstić information content (AvgIpc) is 3.90. The lowest BCUT2D eigenvalue weighted by molar-refractivity contribution is -0.147. The van der Waals surface area contributed by atoms with Gasteiger partial charge in [-0.2, -0.15) is 0 Å². The van der Waals surface area contributed by atoms with Crippen LogP contribution < -0.4 is 10.6 Å². The molecule has 6 rings (SSSR count). The first-order valence-corrected chi connectivity index (χ1v) is 15.5. The first kappa shape index (κ1) is 29.8. The molecule has 12 nitrogen and oxygen atoms in total. The quantitative estimate of drug-likeness (QED) is 0.425. The highest BCUT2D eigenvalue weighted by molar-refractivity contribution is 6.07. The van der Waals surface area contributed by atoms with Gasteiger partial charge < -0.3 is 15.5 Å². The number of anilines is 1. The smallest absolute Gasteiger partial charge is 0.302 e. The summed E-state index contributed by atoms with van der Waals surface area (Å²) in [5, 5.41) is 13.9. The Labute approximate surface area is 257 Å². The Kier molecular flexibility index (Phi) is 7.46. The zero-order valence-corrected chi connectivity index (χ0v) is 25.7. The number of likely N-dealkylation sites (tertiary alicyclic amines) is 1. The second-order valence-corrected chi connectivity index (χ2v) is 14.1. The molecule has 1 spiro atoms. The molecule has 2 aromatic rings. The number of carbonyl (C=O) groups is 4. The molecule has 4 atom stereocenters. The number of rotatable bonds is 9. The van der Waals surface area contributed by atoms with Gasteiger partial charge in [0.1, 0.15) is 17.5 Å². The summed E-state index contributed by atoms with van der Waals surface area (Å²) < 4.78 is 1.69. The number of amides is 4. The molecule has 4 aliphatic rings. The first-order valence-electron chi connectivity index (χ1n) is 15.5. The molecule has 4 amide bonds. The van der Waals surface area contributed by atoms with E-state index < -0.39 is 29.6 Å². The van der Waals surface area contributed by atoms with E-state index in [2.05, 4.69) is 25.8 Å². The molecule has 2 saturated carbocycles. The molecule has 2 N–H and O–H groups in total. The number of hydrogen-bond donors (Lipinski definition) is 2. The minimum atomic E-state index is -1.02. The minimum absolute atomic E-state index is 0.0588. The molecule has 2 aliphatic carbocycles. The Balaban J connectivity index is 1.25. The van der Waals surface area contributed by atoms with Crippen LogP contribution in [-0.4, -0.2) is 80.3 Å². The number of nitrogens with zero attached hydrogens (tertiary/aromatic N) is 6. The Morgan fingerprint density at radius 1 is 1.20 bits per heavy atom. The second kappa shape index (κ2) is 11.0. The summed E-state index contributed by atoms with van der Waals surface area (Å²) in [6.45, 7) is 14.0. The summed E-state index contributed by atoms with van der Waals surface area (Å²) in [5.74, 6) is -1.09. The van der Waals surface area contributed by atoms with Crippen LogP contribution in [0.15, 0.2) is 30.5 Å². The molecule has 1 aromatic carbocycles. The summed E-state index contributed by atoms with van der Waals surface area (Å²) in [6.07, 6.45) is 5.74. The molecule has 1 saturated heterocycles. The van der Waals surface area contributed by atoms with Crippen molar-refractivity contribution in [2.45, 2.75) is 95.4 Å². The van der Waals surface area contributed by atoms with Crippen LogP contribution in [0.4, 0.5) is 5.69 Å². The van der Waals surface area contributed by atoms with Gasteiger partial charge in [0.15, 0.2) is 5.69 Å². The monoisotopic (exact) mass is 600 g/mol. The summed E-state index contributed by atoms with van der Waals surface area (Å²) in [7, 11) is 1.60.